The lowest BCUT2D eigenvalue weighted by atomic mass is 10.2. The third kappa shape index (κ3) is 4.73. The summed E-state index contributed by atoms with van der Waals surface area (Å²) in [7, 11) is 0. The van der Waals surface area contributed by atoms with Gasteiger partial charge in [0, 0.05) is 38.8 Å². The van der Waals surface area contributed by atoms with Gasteiger partial charge in [0.05, 0.1) is 12.8 Å². The molecule has 0 radical (unpaired) electrons. The third-order valence-electron chi connectivity index (χ3n) is 4.45. The lowest BCUT2D eigenvalue weighted by Gasteiger charge is -2.25. The van der Waals surface area contributed by atoms with Gasteiger partial charge in [-0.15, -0.1) is 24.0 Å². The lowest BCUT2D eigenvalue weighted by Crippen LogP contribution is -2.43. The Balaban J connectivity index is 0.00000208. The fourth-order valence-corrected chi connectivity index (χ4v) is 3.19. The number of aliphatic hydroxyl groups is 1. The average molecular weight is 446 g/mol. The molecular weight excluding hydrogens is 419 g/mol. The van der Waals surface area contributed by atoms with Crippen molar-refractivity contribution >= 4 is 29.9 Å². The Morgan fingerprint density at radius 2 is 2.25 bits per heavy atom. The molecule has 0 saturated carbocycles. The summed E-state index contributed by atoms with van der Waals surface area (Å²) < 4.78 is 5.23. The number of aliphatic imine (C=N–C) groups is 1. The van der Waals surface area contributed by atoms with Crippen LogP contribution < -0.4 is 5.32 Å². The molecule has 7 heteroatoms. The van der Waals surface area contributed by atoms with E-state index in [2.05, 4.69) is 39.2 Å². The molecule has 1 fully saturated rings. The van der Waals surface area contributed by atoms with Crippen LogP contribution in [0.25, 0.3) is 0 Å². The molecular formula is C17H27IN4O2. The summed E-state index contributed by atoms with van der Waals surface area (Å²) >= 11 is 0. The van der Waals surface area contributed by atoms with E-state index in [0.717, 1.165) is 45.1 Å². The van der Waals surface area contributed by atoms with E-state index >= 15 is 0 Å². The van der Waals surface area contributed by atoms with Crippen molar-refractivity contribution in [3.05, 3.63) is 36.3 Å². The first-order valence-electron chi connectivity index (χ1n) is 8.41. The fraction of sp³-hybridized carbons (Fsp3) is 0.588. The second-order valence-electron chi connectivity index (χ2n) is 6.04. The van der Waals surface area contributed by atoms with E-state index in [9.17, 15) is 5.11 Å². The molecule has 2 aliphatic heterocycles. The van der Waals surface area contributed by atoms with Crippen molar-refractivity contribution in [3.63, 3.8) is 0 Å². The molecule has 2 unspecified atom stereocenters. The minimum atomic E-state index is -0.695. The van der Waals surface area contributed by atoms with Crippen molar-refractivity contribution in [1.29, 1.82) is 0 Å². The zero-order chi connectivity index (χ0) is 16.1. The topological polar surface area (TPSA) is 64.2 Å². The zero-order valence-corrected chi connectivity index (χ0v) is 16.4. The summed E-state index contributed by atoms with van der Waals surface area (Å²) in [6.45, 7) is 7.31. The maximum absolute atomic E-state index is 10.1. The molecule has 0 bridgehead atoms. The smallest absolute Gasteiger partial charge is 0.194 e. The quantitative estimate of drug-likeness (QED) is 0.313. The summed E-state index contributed by atoms with van der Waals surface area (Å²) in [5, 5.41) is 13.5. The van der Waals surface area contributed by atoms with E-state index in [1.165, 1.54) is 0 Å². The highest BCUT2D eigenvalue weighted by Crippen LogP contribution is 2.18. The van der Waals surface area contributed by atoms with Gasteiger partial charge >= 0.3 is 0 Å². The second-order valence-corrected chi connectivity index (χ2v) is 6.04. The van der Waals surface area contributed by atoms with Crippen LogP contribution >= 0.6 is 24.0 Å². The normalized spacial score (nSPS) is 22.7. The minimum Gasteiger partial charge on any atom is -0.467 e. The lowest BCUT2D eigenvalue weighted by molar-refractivity contribution is 0.158. The molecule has 2 aliphatic rings. The minimum absolute atomic E-state index is 0. The van der Waals surface area contributed by atoms with Crippen LogP contribution in [0.3, 0.4) is 0 Å². The number of rotatable bonds is 5. The highest BCUT2D eigenvalue weighted by atomic mass is 127. The number of halogens is 1. The zero-order valence-electron chi connectivity index (χ0n) is 14.1. The van der Waals surface area contributed by atoms with Crippen molar-refractivity contribution in [3.8, 4) is 0 Å². The van der Waals surface area contributed by atoms with Crippen LogP contribution in [0, 0.1) is 0 Å². The van der Waals surface area contributed by atoms with Crippen LogP contribution in [-0.4, -0.2) is 66.2 Å². The maximum Gasteiger partial charge on any atom is 0.194 e. The van der Waals surface area contributed by atoms with Crippen molar-refractivity contribution in [2.24, 2.45) is 4.99 Å². The van der Waals surface area contributed by atoms with Crippen LogP contribution in [0.1, 0.15) is 25.2 Å². The van der Waals surface area contributed by atoms with Gasteiger partial charge in [0.2, 0.25) is 0 Å². The molecule has 1 aromatic rings. The Hall–Kier alpha value is -1.06. The highest BCUT2D eigenvalue weighted by Gasteiger charge is 2.29. The van der Waals surface area contributed by atoms with E-state index in [1.54, 1.807) is 18.4 Å². The number of nitrogens with zero attached hydrogens (tertiary/aromatic N) is 3. The Morgan fingerprint density at radius 3 is 2.92 bits per heavy atom. The van der Waals surface area contributed by atoms with Gasteiger partial charge in [-0.3, -0.25) is 4.90 Å². The summed E-state index contributed by atoms with van der Waals surface area (Å²) in [4.78, 5) is 9.39. The Morgan fingerprint density at radius 1 is 1.46 bits per heavy atom. The SMILES string of the molecule is CCNC(=NCC(O)c1ccco1)N1CCC(N2CC=CC2)C1.I. The van der Waals surface area contributed by atoms with Gasteiger partial charge in [-0.25, -0.2) is 4.99 Å². The van der Waals surface area contributed by atoms with E-state index in [-0.39, 0.29) is 24.0 Å². The van der Waals surface area contributed by atoms with E-state index in [1.807, 2.05) is 0 Å². The number of furan rings is 1. The number of hydrogen-bond donors (Lipinski definition) is 2. The molecule has 1 saturated heterocycles. The van der Waals surface area contributed by atoms with Crippen molar-refractivity contribution in [1.82, 2.24) is 15.1 Å². The number of aliphatic hydroxyl groups excluding tert-OH is 1. The molecule has 24 heavy (non-hydrogen) atoms. The van der Waals surface area contributed by atoms with Gasteiger partial charge in [0.1, 0.15) is 11.9 Å². The first kappa shape index (κ1) is 19.3. The number of guanidine groups is 1. The molecule has 0 aromatic carbocycles. The van der Waals surface area contributed by atoms with E-state index in [4.69, 9.17) is 4.42 Å². The first-order valence-corrected chi connectivity index (χ1v) is 8.41. The van der Waals surface area contributed by atoms with Crippen LogP contribution in [-0.2, 0) is 0 Å². The van der Waals surface area contributed by atoms with Crippen molar-refractivity contribution in [2.45, 2.75) is 25.5 Å². The Labute approximate surface area is 160 Å². The highest BCUT2D eigenvalue weighted by molar-refractivity contribution is 14.0. The Kier molecular flexibility index (Phi) is 7.57. The molecule has 0 aliphatic carbocycles. The van der Waals surface area contributed by atoms with Gasteiger partial charge < -0.3 is 19.7 Å². The molecule has 134 valence electrons. The van der Waals surface area contributed by atoms with E-state index < -0.39 is 6.10 Å². The van der Waals surface area contributed by atoms with Crippen LogP contribution in [0.15, 0.2) is 40.0 Å². The monoisotopic (exact) mass is 446 g/mol. The van der Waals surface area contributed by atoms with Gasteiger partial charge in [0.25, 0.3) is 0 Å². The number of likely N-dealkylation sites (tertiary alicyclic amines) is 1. The van der Waals surface area contributed by atoms with Crippen molar-refractivity contribution in [2.75, 3.05) is 39.3 Å². The van der Waals surface area contributed by atoms with Gasteiger partial charge in [-0.05, 0) is 25.5 Å². The molecule has 3 heterocycles. The first-order chi connectivity index (χ1) is 11.3. The molecule has 0 amide bonds. The summed E-state index contributed by atoms with van der Waals surface area (Å²) in [6.07, 6.45) is 6.51. The second kappa shape index (κ2) is 9.43. The fourth-order valence-electron chi connectivity index (χ4n) is 3.19. The van der Waals surface area contributed by atoms with Crippen molar-refractivity contribution < 1.29 is 9.52 Å². The molecule has 6 nitrogen and oxygen atoms in total. The summed E-state index contributed by atoms with van der Waals surface area (Å²) in [5.74, 6) is 1.44. The van der Waals surface area contributed by atoms with E-state index in [0.29, 0.717) is 18.3 Å². The predicted molar refractivity (Wildman–Crippen MR) is 106 cm³/mol. The largest absolute Gasteiger partial charge is 0.467 e. The Bertz CT molecular complexity index is 539. The number of hydrogen-bond acceptors (Lipinski definition) is 4. The standard InChI is InChI=1S/C17H26N4O2.HI/c1-2-18-17(19-12-15(22)16-6-5-11-23-16)21-10-7-14(13-21)20-8-3-4-9-20;/h3-6,11,14-15,22H,2,7-10,12-13H2,1H3,(H,18,19);1H. The molecule has 0 spiro atoms. The average Bonchev–Trinajstić information content (AvgIpc) is 3.32. The summed E-state index contributed by atoms with van der Waals surface area (Å²) in [6, 6.07) is 4.14. The maximum atomic E-state index is 10.1. The van der Waals surface area contributed by atoms with Crippen LogP contribution in [0.2, 0.25) is 0 Å². The molecule has 2 atom stereocenters. The molecule has 3 rings (SSSR count). The van der Waals surface area contributed by atoms with Crippen LogP contribution in [0.5, 0.6) is 0 Å². The van der Waals surface area contributed by atoms with Gasteiger partial charge in [-0.2, -0.15) is 0 Å². The van der Waals surface area contributed by atoms with Crippen LogP contribution in [0.4, 0.5) is 0 Å². The molecule has 2 N–H and O–H groups in total. The molecule has 1 aromatic heterocycles. The van der Waals surface area contributed by atoms with Gasteiger partial charge in [-0.1, -0.05) is 12.2 Å². The predicted octanol–water partition coefficient (Wildman–Crippen LogP) is 1.84. The summed E-state index contributed by atoms with van der Waals surface area (Å²) in [5.41, 5.74) is 0. The third-order valence-corrected chi connectivity index (χ3v) is 4.45. The van der Waals surface area contributed by atoms with Gasteiger partial charge in [0.15, 0.2) is 5.96 Å². The number of nitrogens with one attached hydrogen (secondary N) is 1.